The summed E-state index contributed by atoms with van der Waals surface area (Å²) in [7, 11) is 0. The van der Waals surface area contributed by atoms with Gasteiger partial charge in [0, 0.05) is 5.41 Å². The molecule has 2 N–H and O–H groups in total. The molecule has 0 aliphatic heterocycles. The molecule has 16 heavy (non-hydrogen) atoms. The molecular formula is C12H13FO3. The van der Waals surface area contributed by atoms with Crippen molar-refractivity contribution in [2.45, 2.75) is 31.3 Å². The Bertz CT molecular complexity index is 438. The Morgan fingerprint density at radius 1 is 1.50 bits per heavy atom. The van der Waals surface area contributed by atoms with Gasteiger partial charge in [-0.2, -0.15) is 0 Å². The van der Waals surface area contributed by atoms with Gasteiger partial charge in [0.05, 0.1) is 0 Å². The Kier molecular flexibility index (Phi) is 2.46. The molecule has 2 rings (SSSR count). The molecule has 0 saturated heterocycles. The van der Waals surface area contributed by atoms with Crippen LogP contribution in [0.1, 0.15) is 24.0 Å². The van der Waals surface area contributed by atoms with Crippen LogP contribution >= 0.6 is 0 Å². The molecule has 3 nitrogen and oxygen atoms in total. The maximum absolute atomic E-state index is 13.6. The molecule has 1 unspecified atom stereocenters. The molecule has 0 spiro atoms. The Morgan fingerprint density at radius 3 is 2.62 bits per heavy atom. The van der Waals surface area contributed by atoms with Gasteiger partial charge >= 0.3 is 5.97 Å². The zero-order chi connectivity index (χ0) is 11.9. The molecule has 0 bridgehead atoms. The number of halogens is 1. The molecular weight excluding hydrogens is 211 g/mol. The fraction of sp³-hybridized carbons (Fsp3) is 0.417. The van der Waals surface area contributed by atoms with Gasteiger partial charge in [-0.1, -0.05) is 17.7 Å². The fourth-order valence-electron chi connectivity index (χ4n) is 2.08. The highest BCUT2D eigenvalue weighted by molar-refractivity contribution is 5.75. The third-order valence-corrected chi connectivity index (χ3v) is 3.20. The van der Waals surface area contributed by atoms with Gasteiger partial charge < -0.3 is 10.2 Å². The molecule has 0 heterocycles. The number of aliphatic carboxylic acids is 1. The van der Waals surface area contributed by atoms with Gasteiger partial charge in [0.2, 0.25) is 0 Å². The van der Waals surface area contributed by atoms with Crippen LogP contribution in [0.2, 0.25) is 0 Å². The molecule has 0 aromatic heterocycles. The lowest BCUT2D eigenvalue weighted by Crippen LogP contribution is -2.34. The van der Waals surface area contributed by atoms with Crippen LogP contribution in [-0.2, 0) is 10.2 Å². The lowest BCUT2D eigenvalue weighted by Gasteiger charge is -2.20. The number of aryl methyl sites for hydroxylation is 1. The van der Waals surface area contributed by atoms with Crippen molar-refractivity contribution in [2.24, 2.45) is 0 Å². The first-order valence-electron chi connectivity index (χ1n) is 5.15. The standard InChI is InChI=1S/C12H13FO3/c1-7-2-3-9(13)8(6-7)12(4-5-12)10(14)11(15)16/h2-3,6,10,14H,4-5H2,1H3,(H,15,16). The minimum atomic E-state index is -1.52. The maximum Gasteiger partial charge on any atom is 0.333 e. The van der Waals surface area contributed by atoms with Crippen molar-refractivity contribution >= 4 is 5.97 Å². The number of carboxylic acids is 1. The van der Waals surface area contributed by atoms with Crippen LogP contribution in [0.25, 0.3) is 0 Å². The maximum atomic E-state index is 13.6. The molecule has 1 fully saturated rings. The van der Waals surface area contributed by atoms with E-state index in [0.717, 1.165) is 5.56 Å². The minimum absolute atomic E-state index is 0.322. The molecule has 1 aliphatic rings. The summed E-state index contributed by atoms with van der Waals surface area (Å²) in [5.41, 5.74) is 0.268. The second-order valence-electron chi connectivity index (χ2n) is 4.38. The highest BCUT2D eigenvalue weighted by Crippen LogP contribution is 2.52. The molecule has 0 amide bonds. The first kappa shape index (κ1) is 11.1. The average molecular weight is 224 g/mol. The lowest BCUT2D eigenvalue weighted by atomic mass is 9.88. The molecule has 86 valence electrons. The minimum Gasteiger partial charge on any atom is -0.479 e. The molecule has 1 aromatic carbocycles. The third kappa shape index (κ3) is 1.59. The van der Waals surface area contributed by atoms with Gasteiger partial charge in [0.15, 0.2) is 6.10 Å². The van der Waals surface area contributed by atoms with Crippen LogP contribution in [0, 0.1) is 12.7 Å². The summed E-state index contributed by atoms with van der Waals surface area (Å²) in [5, 5.41) is 18.4. The third-order valence-electron chi connectivity index (χ3n) is 3.20. The second kappa shape index (κ2) is 3.56. The van der Waals surface area contributed by atoms with E-state index in [1.807, 2.05) is 6.92 Å². The Balaban J connectivity index is 2.44. The van der Waals surface area contributed by atoms with Crippen molar-refractivity contribution < 1.29 is 19.4 Å². The van der Waals surface area contributed by atoms with Crippen molar-refractivity contribution in [1.29, 1.82) is 0 Å². The van der Waals surface area contributed by atoms with Crippen LogP contribution < -0.4 is 0 Å². The van der Waals surface area contributed by atoms with Crippen LogP contribution in [0.4, 0.5) is 4.39 Å². The number of carbonyl (C=O) groups is 1. The molecule has 4 heteroatoms. The SMILES string of the molecule is Cc1ccc(F)c(C2(C(O)C(=O)O)CC2)c1. The van der Waals surface area contributed by atoms with E-state index in [9.17, 15) is 14.3 Å². The van der Waals surface area contributed by atoms with E-state index in [0.29, 0.717) is 18.4 Å². The van der Waals surface area contributed by atoms with Gasteiger partial charge in [0.25, 0.3) is 0 Å². The number of rotatable bonds is 3. The second-order valence-corrected chi connectivity index (χ2v) is 4.38. The van der Waals surface area contributed by atoms with E-state index in [1.165, 1.54) is 6.07 Å². The van der Waals surface area contributed by atoms with E-state index >= 15 is 0 Å². The predicted molar refractivity (Wildman–Crippen MR) is 55.7 cm³/mol. The average Bonchev–Trinajstić information content (AvgIpc) is 3.01. The van der Waals surface area contributed by atoms with Crippen molar-refractivity contribution in [3.63, 3.8) is 0 Å². The topological polar surface area (TPSA) is 57.5 Å². The Hall–Kier alpha value is -1.42. The Labute approximate surface area is 92.5 Å². The van der Waals surface area contributed by atoms with Gasteiger partial charge in [-0.3, -0.25) is 0 Å². The number of hydrogen-bond donors (Lipinski definition) is 2. The van der Waals surface area contributed by atoms with E-state index in [1.54, 1.807) is 12.1 Å². The van der Waals surface area contributed by atoms with Crippen LogP contribution in [-0.4, -0.2) is 22.3 Å². The number of benzene rings is 1. The van der Waals surface area contributed by atoms with Gasteiger partial charge in [-0.05, 0) is 31.4 Å². The number of hydrogen-bond acceptors (Lipinski definition) is 2. The number of aliphatic hydroxyl groups excluding tert-OH is 1. The molecule has 1 saturated carbocycles. The zero-order valence-electron chi connectivity index (χ0n) is 8.90. The number of aliphatic hydroxyl groups is 1. The van der Waals surface area contributed by atoms with E-state index in [2.05, 4.69) is 0 Å². The highest BCUT2D eigenvalue weighted by atomic mass is 19.1. The van der Waals surface area contributed by atoms with Crippen LogP contribution in [0.15, 0.2) is 18.2 Å². The van der Waals surface area contributed by atoms with Gasteiger partial charge in [-0.15, -0.1) is 0 Å². The summed E-state index contributed by atoms with van der Waals surface area (Å²) in [4.78, 5) is 10.8. The summed E-state index contributed by atoms with van der Waals surface area (Å²) < 4.78 is 13.6. The fourth-order valence-corrected chi connectivity index (χ4v) is 2.08. The monoisotopic (exact) mass is 224 g/mol. The lowest BCUT2D eigenvalue weighted by molar-refractivity contribution is -0.148. The van der Waals surface area contributed by atoms with Crippen molar-refractivity contribution in [2.75, 3.05) is 0 Å². The summed E-state index contributed by atoms with van der Waals surface area (Å²) in [6, 6.07) is 4.57. The highest BCUT2D eigenvalue weighted by Gasteiger charge is 2.54. The van der Waals surface area contributed by atoms with Crippen molar-refractivity contribution in [3.05, 3.63) is 35.1 Å². The van der Waals surface area contributed by atoms with E-state index in [-0.39, 0.29) is 0 Å². The quantitative estimate of drug-likeness (QED) is 0.820. The summed E-state index contributed by atoms with van der Waals surface area (Å²) in [5.74, 6) is -1.73. The van der Waals surface area contributed by atoms with Crippen LogP contribution in [0.3, 0.4) is 0 Å². The summed E-state index contributed by atoms with van der Waals surface area (Å²) in [6.07, 6.45) is -0.495. The van der Waals surface area contributed by atoms with Crippen molar-refractivity contribution in [3.8, 4) is 0 Å². The number of carboxylic acid groups (broad SMARTS) is 1. The first-order valence-corrected chi connectivity index (χ1v) is 5.15. The summed E-state index contributed by atoms with van der Waals surface area (Å²) >= 11 is 0. The first-order chi connectivity index (χ1) is 7.47. The smallest absolute Gasteiger partial charge is 0.333 e. The van der Waals surface area contributed by atoms with E-state index < -0.39 is 23.3 Å². The zero-order valence-corrected chi connectivity index (χ0v) is 8.90. The largest absolute Gasteiger partial charge is 0.479 e. The predicted octanol–water partition coefficient (Wildman–Crippen LogP) is 1.61. The van der Waals surface area contributed by atoms with E-state index in [4.69, 9.17) is 5.11 Å². The molecule has 1 aliphatic carbocycles. The van der Waals surface area contributed by atoms with Gasteiger partial charge in [-0.25, -0.2) is 9.18 Å². The molecule has 1 aromatic rings. The van der Waals surface area contributed by atoms with Crippen molar-refractivity contribution in [1.82, 2.24) is 0 Å². The Morgan fingerprint density at radius 2 is 2.12 bits per heavy atom. The van der Waals surface area contributed by atoms with Crippen LogP contribution in [0.5, 0.6) is 0 Å². The molecule has 0 radical (unpaired) electrons. The molecule has 1 atom stereocenters. The van der Waals surface area contributed by atoms with Gasteiger partial charge in [0.1, 0.15) is 5.82 Å². The summed E-state index contributed by atoms with van der Waals surface area (Å²) in [6.45, 7) is 1.81. The normalized spacial score (nSPS) is 19.2.